The Labute approximate surface area is 255 Å². The van der Waals surface area contributed by atoms with E-state index in [4.69, 9.17) is 14.6 Å². The third-order valence-electron chi connectivity index (χ3n) is 13.3. The van der Waals surface area contributed by atoms with Gasteiger partial charge in [-0.15, -0.1) is 0 Å². The minimum absolute atomic E-state index is 0.301. The van der Waals surface area contributed by atoms with E-state index in [1.165, 1.54) is 56.2 Å². The molecule has 1 aromatic carbocycles. The van der Waals surface area contributed by atoms with Crippen LogP contribution in [0.15, 0.2) is 34.4 Å². The summed E-state index contributed by atoms with van der Waals surface area (Å²) in [5.41, 5.74) is 7.59. The molecule has 2 aliphatic heterocycles. The molecule has 6 fully saturated rings. The van der Waals surface area contributed by atoms with E-state index in [9.17, 15) is 0 Å². The third-order valence-corrected chi connectivity index (χ3v) is 13.7. The van der Waals surface area contributed by atoms with Crippen molar-refractivity contribution in [1.29, 1.82) is 0 Å². The molecule has 0 unspecified atom stereocenters. The van der Waals surface area contributed by atoms with Crippen LogP contribution in [0.5, 0.6) is 0 Å². The van der Waals surface area contributed by atoms with Crippen LogP contribution in [0.1, 0.15) is 97.5 Å². The standard InChI is InChI=1S/C35H50N3O2Se/c1-21-6-9-25(10-7-21)36-32(41)38-37-26-13-15-33(4)24(18-26)8-11-27-28(33)14-16-34(5)29(27)19-30-31(34)23(3)35(40-30)17-12-22(2)20-39-35/h6-7,9-10,22-24,27-31H,8,11-20H2,1-5H3,(H,36,38)/b37-26-/t22-,23+,24+,27-,28+,29+,30+,31+,33+,34+,35-/m1/s1. The molecule has 4 saturated carbocycles. The van der Waals surface area contributed by atoms with Gasteiger partial charge in [0.2, 0.25) is 0 Å². The van der Waals surface area contributed by atoms with E-state index in [1.807, 2.05) is 12.1 Å². The Morgan fingerprint density at radius 1 is 0.976 bits per heavy atom. The molecule has 11 atom stereocenters. The average Bonchev–Trinajstić information content (AvgIpc) is 3.40. The van der Waals surface area contributed by atoms with E-state index in [-0.39, 0.29) is 5.79 Å². The molecule has 7 rings (SSSR count). The number of ether oxygens (including phenoxy) is 2. The van der Waals surface area contributed by atoms with Crippen molar-refractivity contribution >= 4 is 32.1 Å². The number of hydrazone groups is 1. The number of nitrogens with one attached hydrogen (secondary N) is 1. The van der Waals surface area contributed by atoms with E-state index >= 15 is 0 Å². The first kappa shape index (κ1) is 28.6. The van der Waals surface area contributed by atoms with Crippen molar-refractivity contribution in [1.82, 2.24) is 5.43 Å². The van der Waals surface area contributed by atoms with Crippen LogP contribution in [0.3, 0.4) is 0 Å². The molecular weight excluding hydrogens is 573 g/mol. The summed E-state index contributed by atoms with van der Waals surface area (Å²) in [5.74, 6) is 4.79. The van der Waals surface area contributed by atoms with Gasteiger partial charge in [-0.1, -0.05) is 13.8 Å². The molecule has 1 spiro atoms. The number of hydrogen-bond donors (Lipinski definition) is 1. The summed E-state index contributed by atoms with van der Waals surface area (Å²) < 4.78 is 14.3. The molecule has 2 heterocycles. The summed E-state index contributed by atoms with van der Waals surface area (Å²) in [4.78, 5) is 4.66. The number of amidine groups is 1. The van der Waals surface area contributed by atoms with Crippen molar-refractivity contribution < 1.29 is 9.47 Å². The van der Waals surface area contributed by atoms with Gasteiger partial charge in [-0.25, -0.2) is 0 Å². The summed E-state index contributed by atoms with van der Waals surface area (Å²) >= 11 is 3.06. The first-order valence-corrected chi connectivity index (χ1v) is 17.4. The first-order chi connectivity index (χ1) is 19.6. The maximum absolute atomic E-state index is 6.99. The first-order valence-electron chi connectivity index (χ1n) is 16.6. The predicted molar refractivity (Wildman–Crippen MR) is 166 cm³/mol. The molecule has 4 aliphatic carbocycles. The topological polar surface area (TPSA) is 55.2 Å². The van der Waals surface area contributed by atoms with Crippen LogP contribution in [0.2, 0.25) is 0 Å². The molecule has 0 bridgehead atoms. The molecule has 0 amide bonds. The van der Waals surface area contributed by atoms with Gasteiger partial charge >= 0.3 is 196 Å². The fraction of sp³-hybridized carbons (Fsp3) is 0.771. The molecule has 1 N–H and O–H groups in total. The van der Waals surface area contributed by atoms with Gasteiger partial charge < -0.3 is 9.47 Å². The van der Waals surface area contributed by atoms with Gasteiger partial charge in [0, 0.05) is 12.3 Å². The zero-order valence-corrected chi connectivity index (χ0v) is 27.5. The van der Waals surface area contributed by atoms with E-state index in [2.05, 4.69) is 73.2 Å². The van der Waals surface area contributed by atoms with Gasteiger partial charge in [0.05, 0.1) is 6.61 Å². The van der Waals surface area contributed by atoms with Crippen LogP contribution >= 0.6 is 0 Å². The third kappa shape index (κ3) is 4.69. The molecule has 223 valence electrons. The van der Waals surface area contributed by atoms with Crippen LogP contribution in [0, 0.1) is 59.2 Å². The second-order valence-corrected chi connectivity index (χ2v) is 16.2. The average molecular weight is 624 g/mol. The molecule has 0 aromatic heterocycles. The molecular formula is C35H50N3O2Se. The Morgan fingerprint density at radius 2 is 1.78 bits per heavy atom. The van der Waals surface area contributed by atoms with Crippen LogP contribution in [-0.4, -0.2) is 45.0 Å². The maximum atomic E-state index is 6.99. The van der Waals surface area contributed by atoms with E-state index < -0.39 is 0 Å². The Bertz CT molecular complexity index is 1210. The van der Waals surface area contributed by atoms with Gasteiger partial charge in [-0.2, -0.15) is 0 Å². The summed E-state index contributed by atoms with van der Waals surface area (Å²) in [5, 5.41) is 4.86. The number of hydrogen-bond acceptors (Lipinski definition) is 4. The summed E-state index contributed by atoms with van der Waals surface area (Å²) in [6.07, 6.45) is 13.0. The molecule has 5 nitrogen and oxygen atoms in total. The number of nitrogens with zero attached hydrogens (tertiary/aromatic N) is 2. The Hall–Kier alpha value is -1.20. The fourth-order valence-corrected chi connectivity index (χ4v) is 11.4. The molecule has 1 radical (unpaired) electrons. The monoisotopic (exact) mass is 624 g/mol. The summed E-state index contributed by atoms with van der Waals surface area (Å²) in [6.45, 7) is 13.1. The van der Waals surface area contributed by atoms with Crippen molar-refractivity contribution in [3.63, 3.8) is 0 Å². The van der Waals surface area contributed by atoms with Gasteiger partial charge in [-0.05, 0) is 12.3 Å². The Balaban J connectivity index is 1.02. The predicted octanol–water partition coefficient (Wildman–Crippen LogP) is 7.54. The molecule has 41 heavy (non-hydrogen) atoms. The normalized spacial score (nSPS) is 48.4. The van der Waals surface area contributed by atoms with Crippen molar-refractivity contribution in [3.8, 4) is 0 Å². The van der Waals surface area contributed by atoms with Gasteiger partial charge in [-0.3, -0.25) is 0 Å². The second kappa shape index (κ2) is 10.5. The Kier molecular flexibility index (Phi) is 7.29. The van der Waals surface area contributed by atoms with E-state index in [1.54, 1.807) is 0 Å². The van der Waals surface area contributed by atoms with Crippen molar-refractivity contribution in [2.24, 2.45) is 62.3 Å². The number of rotatable bonds is 2. The number of aliphatic imine (C=N–C) groups is 1. The van der Waals surface area contributed by atoms with E-state index in [0.717, 1.165) is 60.0 Å². The second-order valence-electron chi connectivity index (χ2n) is 15.4. The van der Waals surface area contributed by atoms with Gasteiger partial charge in [0.1, 0.15) is 0 Å². The molecule has 1 aromatic rings. The van der Waals surface area contributed by atoms with E-state index in [0.29, 0.717) is 34.7 Å². The SMILES string of the molecule is Cc1ccc(N=C([Se])N/N=C2/CC[C@@]3(C)[C@@H](CC[C@@H]4[C@@H]3CC[C@]3(C)[C@@H]5[C@H](C[C@@H]43)O[C@]3(CC[C@@H](C)CO3)[C@H]5C)C2)cc1. The Morgan fingerprint density at radius 3 is 2.54 bits per heavy atom. The van der Waals surface area contributed by atoms with Crippen molar-refractivity contribution in [2.75, 3.05) is 6.61 Å². The van der Waals surface area contributed by atoms with Crippen molar-refractivity contribution in [3.05, 3.63) is 29.8 Å². The quantitative estimate of drug-likeness (QED) is 0.160. The molecule has 6 aliphatic rings. The van der Waals surface area contributed by atoms with Gasteiger partial charge in [0.15, 0.2) is 5.79 Å². The van der Waals surface area contributed by atoms with Crippen LogP contribution in [0.25, 0.3) is 0 Å². The van der Waals surface area contributed by atoms with Crippen molar-refractivity contribution in [2.45, 2.75) is 111 Å². The zero-order valence-electron chi connectivity index (χ0n) is 25.8. The molecule has 6 heteroatoms. The summed E-state index contributed by atoms with van der Waals surface area (Å²) in [6, 6.07) is 8.29. The van der Waals surface area contributed by atoms with Gasteiger partial charge in [0.25, 0.3) is 0 Å². The van der Waals surface area contributed by atoms with Crippen LogP contribution < -0.4 is 5.43 Å². The van der Waals surface area contributed by atoms with Crippen LogP contribution in [0.4, 0.5) is 5.69 Å². The minimum atomic E-state index is -0.301. The summed E-state index contributed by atoms with van der Waals surface area (Å²) in [7, 11) is 0. The number of benzene rings is 1. The molecule has 2 saturated heterocycles. The number of aryl methyl sites for hydroxylation is 1. The van der Waals surface area contributed by atoms with Crippen LogP contribution in [-0.2, 0) is 9.47 Å². The number of fused-ring (bicyclic) bond motifs is 7. The fourth-order valence-electron chi connectivity index (χ4n) is 11.1. The zero-order chi connectivity index (χ0) is 28.6.